The van der Waals surface area contributed by atoms with Gasteiger partial charge < -0.3 is 15.4 Å². The number of anilines is 2. The minimum absolute atomic E-state index is 0.143. The minimum Gasteiger partial charge on any atom is -0.379 e. The molecule has 1 heterocycles. The first-order chi connectivity index (χ1) is 9.54. The fourth-order valence-corrected chi connectivity index (χ4v) is 1.44. The molecular weight excluding hydrogens is 262 g/mol. The molecule has 0 amide bonds. The molecular formula is C12H21N5O3. The Bertz CT molecular complexity index is 439. The van der Waals surface area contributed by atoms with Gasteiger partial charge in [-0.1, -0.05) is 13.8 Å². The molecule has 0 aliphatic carbocycles. The fraction of sp³-hybridized carbons (Fsp3) is 0.667. The molecule has 0 saturated carbocycles. The summed E-state index contributed by atoms with van der Waals surface area (Å²) in [6.45, 7) is 8.26. The third-order valence-corrected chi connectivity index (χ3v) is 2.29. The molecule has 0 aliphatic heterocycles. The van der Waals surface area contributed by atoms with Crippen LogP contribution in [0.3, 0.4) is 0 Å². The number of nitro groups is 1. The summed E-state index contributed by atoms with van der Waals surface area (Å²) in [5, 5.41) is 16.7. The largest absolute Gasteiger partial charge is 0.379 e. The SMILES string of the molecule is CCNc1ncc([N+](=O)[O-])c(NCCOCC(C)C)n1. The van der Waals surface area contributed by atoms with Crippen molar-refractivity contribution >= 4 is 17.5 Å². The third-order valence-electron chi connectivity index (χ3n) is 2.29. The summed E-state index contributed by atoms with van der Waals surface area (Å²) in [6, 6.07) is 0. The van der Waals surface area contributed by atoms with Crippen LogP contribution in [-0.2, 0) is 4.74 Å². The molecule has 0 saturated heterocycles. The van der Waals surface area contributed by atoms with Gasteiger partial charge in [-0.2, -0.15) is 4.98 Å². The van der Waals surface area contributed by atoms with Crippen LogP contribution in [0, 0.1) is 16.0 Å². The molecule has 0 bridgehead atoms. The van der Waals surface area contributed by atoms with Crippen LogP contribution >= 0.6 is 0 Å². The van der Waals surface area contributed by atoms with Crippen molar-refractivity contribution in [3.8, 4) is 0 Å². The van der Waals surface area contributed by atoms with Crippen molar-refractivity contribution in [2.24, 2.45) is 5.92 Å². The molecule has 0 atom stereocenters. The summed E-state index contributed by atoms with van der Waals surface area (Å²) in [7, 11) is 0. The minimum atomic E-state index is -0.507. The molecule has 8 heteroatoms. The highest BCUT2D eigenvalue weighted by atomic mass is 16.6. The first kappa shape index (κ1) is 16.1. The van der Waals surface area contributed by atoms with Crippen LogP contribution in [0.1, 0.15) is 20.8 Å². The van der Waals surface area contributed by atoms with Crippen molar-refractivity contribution in [2.45, 2.75) is 20.8 Å². The lowest BCUT2D eigenvalue weighted by atomic mass is 10.2. The summed E-state index contributed by atoms with van der Waals surface area (Å²) in [6.07, 6.45) is 1.20. The maximum absolute atomic E-state index is 10.9. The summed E-state index contributed by atoms with van der Waals surface area (Å²) >= 11 is 0. The van der Waals surface area contributed by atoms with Crippen molar-refractivity contribution in [3.05, 3.63) is 16.3 Å². The van der Waals surface area contributed by atoms with E-state index in [9.17, 15) is 10.1 Å². The van der Waals surface area contributed by atoms with Gasteiger partial charge in [0.05, 0.1) is 11.5 Å². The van der Waals surface area contributed by atoms with Crippen LogP contribution in [0.2, 0.25) is 0 Å². The van der Waals surface area contributed by atoms with E-state index >= 15 is 0 Å². The topological polar surface area (TPSA) is 102 Å². The van der Waals surface area contributed by atoms with Gasteiger partial charge in [-0.15, -0.1) is 0 Å². The lowest BCUT2D eigenvalue weighted by Crippen LogP contribution is -2.15. The van der Waals surface area contributed by atoms with E-state index in [4.69, 9.17) is 4.74 Å². The molecule has 1 rings (SSSR count). The Balaban J connectivity index is 2.60. The highest BCUT2D eigenvalue weighted by molar-refractivity contribution is 5.56. The zero-order valence-electron chi connectivity index (χ0n) is 12.0. The quantitative estimate of drug-likeness (QED) is 0.405. The van der Waals surface area contributed by atoms with Crippen LogP contribution < -0.4 is 10.6 Å². The molecule has 0 radical (unpaired) electrons. The molecule has 0 fully saturated rings. The third kappa shape index (κ3) is 5.35. The van der Waals surface area contributed by atoms with E-state index in [0.717, 1.165) is 0 Å². The van der Waals surface area contributed by atoms with Crippen molar-refractivity contribution < 1.29 is 9.66 Å². The number of hydrogen-bond donors (Lipinski definition) is 2. The Morgan fingerprint density at radius 3 is 2.80 bits per heavy atom. The molecule has 2 N–H and O–H groups in total. The molecule has 0 spiro atoms. The van der Waals surface area contributed by atoms with Gasteiger partial charge in [0.1, 0.15) is 6.20 Å². The van der Waals surface area contributed by atoms with Gasteiger partial charge in [0.15, 0.2) is 0 Å². The second-order valence-electron chi connectivity index (χ2n) is 4.61. The van der Waals surface area contributed by atoms with Gasteiger partial charge >= 0.3 is 5.69 Å². The monoisotopic (exact) mass is 283 g/mol. The van der Waals surface area contributed by atoms with Crippen LogP contribution in [0.4, 0.5) is 17.5 Å². The van der Waals surface area contributed by atoms with Crippen LogP contribution in [0.15, 0.2) is 6.20 Å². The lowest BCUT2D eigenvalue weighted by Gasteiger charge is -2.09. The summed E-state index contributed by atoms with van der Waals surface area (Å²) < 4.78 is 5.40. The van der Waals surface area contributed by atoms with Gasteiger partial charge in [-0.25, -0.2) is 4.98 Å². The average molecular weight is 283 g/mol. The van der Waals surface area contributed by atoms with E-state index in [-0.39, 0.29) is 11.5 Å². The first-order valence-electron chi connectivity index (χ1n) is 6.61. The van der Waals surface area contributed by atoms with E-state index < -0.39 is 4.92 Å². The smallest absolute Gasteiger partial charge is 0.329 e. The Morgan fingerprint density at radius 1 is 1.45 bits per heavy atom. The van der Waals surface area contributed by atoms with Gasteiger partial charge in [-0.3, -0.25) is 10.1 Å². The summed E-state index contributed by atoms with van der Waals surface area (Å²) in [5.74, 6) is 1.03. The molecule has 0 aromatic carbocycles. The van der Waals surface area contributed by atoms with Crippen molar-refractivity contribution in [1.82, 2.24) is 9.97 Å². The van der Waals surface area contributed by atoms with Gasteiger partial charge in [-0.05, 0) is 12.8 Å². The van der Waals surface area contributed by atoms with Crippen LogP contribution in [-0.4, -0.2) is 41.2 Å². The van der Waals surface area contributed by atoms with Crippen molar-refractivity contribution in [1.29, 1.82) is 0 Å². The molecule has 0 aliphatic rings. The number of hydrogen-bond acceptors (Lipinski definition) is 7. The fourth-order valence-electron chi connectivity index (χ4n) is 1.44. The molecule has 1 aromatic heterocycles. The normalized spacial score (nSPS) is 10.6. The molecule has 112 valence electrons. The highest BCUT2D eigenvalue weighted by Gasteiger charge is 2.16. The summed E-state index contributed by atoms with van der Waals surface area (Å²) in [5.41, 5.74) is -0.143. The highest BCUT2D eigenvalue weighted by Crippen LogP contribution is 2.21. The van der Waals surface area contributed by atoms with E-state index in [2.05, 4.69) is 34.4 Å². The van der Waals surface area contributed by atoms with E-state index in [1.165, 1.54) is 6.20 Å². The Hall–Kier alpha value is -1.96. The van der Waals surface area contributed by atoms with Crippen molar-refractivity contribution in [2.75, 3.05) is 36.9 Å². The first-order valence-corrected chi connectivity index (χ1v) is 6.61. The van der Waals surface area contributed by atoms with Gasteiger partial charge in [0.2, 0.25) is 11.8 Å². The number of ether oxygens (including phenoxy) is 1. The van der Waals surface area contributed by atoms with Crippen molar-refractivity contribution in [3.63, 3.8) is 0 Å². The lowest BCUT2D eigenvalue weighted by molar-refractivity contribution is -0.384. The Kier molecular flexibility index (Phi) is 6.65. The van der Waals surface area contributed by atoms with E-state index in [1.807, 2.05) is 6.92 Å². The second kappa shape index (κ2) is 8.26. The number of aromatic nitrogens is 2. The Morgan fingerprint density at radius 2 is 2.20 bits per heavy atom. The van der Waals surface area contributed by atoms with Crippen LogP contribution in [0.25, 0.3) is 0 Å². The van der Waals surface area contributed by atoms with Gasteiger partial charge in [0.25, 0.3) is 0 Å². The average Bonchev–Trinajstić information content (AvgIpc) is 2.38. The maximum atomic E-state index is 10.9. The number of nitrogens with one attached hydrogen (secondary N) is 2. The van der Waals surface area contributed by atoms with E-state index in [1.54, 1.807) is 0 Å². The predicted octanol–water partition coefficient (Wildman–Crippen LogP) is 1.90. The van der Waals surface area contributed by atoms with Crippen LogP contribution in [0.5, 0.6) is 0 Å². The molecule has 20 heavy (non-hydrogen) atoms. The zero-order valence-corrected chi connectivity index (χ0v) is 12.0. The number of rotatable bonds is 9. The maximum Gasteiger partial charge on any atom is 0.329 e. The zero-order chi connectivity index (χ0) is 15.0. The second-order valence-corrected chi connectivity index (χ2v) is 4.61. The number of nitrogens with zero attached hydrogens (tertiary/aromatic N) is 3. The van der Waals surface area contributed by atoms with E-state index in [0.29, 0.717) is 38.2 Å². The summed E-state index contributed by atoms with van der Waals surface area (Å²) in [4.78, 5) is 18.4. The van der Waals surface area contributed by atoms with Gasteiger partial charge in [0, 0.05) is 19.7 Å². The Labute approximate surface area is 118 Å². The predicted molar refractivity (Wildman–Crippen MR) is 77.0 cm³/mol. The molecule has 0 unspecified atom stereocenters. The molecule has 1 aromatic rings. The molecule has 8 nitrogen and oxygen atoms in total. The standard InChI is InChI=1S/C12H21N5O3/c1-4-13-12-15-7-10(17(18)19)11(16-12)14-5-6-20-8-9(2)3/h7,9H,4-6,8H2,1-3H3,(H2,13,14,15,16).